The lowest BCUT2D eigenvalue weighted by Gasteiger charge is -2.53. The van der Waals surface area contributed by atoms with Gasteiger partial charge in [0.15, 0.2) is 0 Å². The molecular weight excluding hydrogens is 415 g/mol. The van der Waals surface area contributed by atoms with Crippen molar-refractivity contribution < 1.29 is 32.5 Å². The Balaban J connectivity index is 0.000000339. The second-order valence-corrected chi connectivity index (χ2v) is 7.68. The summed E-state index contributed by atoms with van der Waals surface area (Å²) >= 11 is 0. The molecule has 10 heteroatoms. The molecule has 4 rings (SSSR count). The second kappa shape index (κ2) is 9.61. The van der Waals surface area contributed by atoms with Crippen LogP contribution in [0, 0.1) is 6.92 Å². The Kier molecular flexibility index (Phi) is 7.11. The molecule has 0 bridgehead atoms. The molecular formula is C21H24F3N3O4. The number of benzene rings is 1. The van der Waals surface area contributed by atoms with Gasteiger partial charge in [0.1, 0.15) is 6.10 Å². The third-order valence-electron chi connectivity index (χ3n) is 5.20. The minimum absolute atomic E-state index is 0.0478. The number of nitrogens with zero attached hydrogens (tertiary/aromatic N) is 3. The maximum absolute atomic E-state index is 10.6. The SMILES string of the molecule is Cc1ccccc1CN1CC2(CC(Oc3cnccn3)CCO2)C1.O=C(O)C(F)(F)F. The van der Waals surface area contributed by atoms with Gasteiger partial charge in [-0.25, -0.2) is 9.78 Å². The first-order chi connectivity index (χ1) is 14.7. The minimum Gasteiger partial charge on any atom is -0.475 e. The van der Waals surface area contributed by atoms with Crippen molar-refractivity contribution >= 4 is 5.97 Å². The predicted octanol–water partition coefficient (Wildman–Crippen LogP) is 3.23. The predicted molar refractivity (Wildman–Crippen MR) is 105 cm³/mol. The highest BCUT2D eigenvalue weighted by Crippen LogP contribution is 2.36. The number of alkyl halides is 3. The van der Waals surface area contributed by atoms with Gasteiger partial charge in [-0.15, -0.1) is 0 Å². The average Bonchev–Trinajstić information content (AvgIpc) is 2.69. The van der Waals surface area contributed by atoms with Crippen molar-refractivity contribution in [2.24, 2.45) is 0 Å². The Morgan fingerprint density at radius 2 is 2.03 bits per heavy atom. The molecule has 3 heterocycles. The van der Waals surface area contributed by atoms with E-state index in [1.54, 1.807) is 18.6 Å². The number of rotatable bonds is 4. The zero-order valence-electron chi connectivity index (χ0n) is 17.0. The number of aromatic nitrogens is 2. The average molecular weight is 439 g/mol. The van der Waals surface area contributed by atoms with Crippen molar-refractivity contribution in [1.82, 2.24) is 14.9 Å². The number of ether oxygens (including phenoxy) is 2. The van der Waals surface area contributed by atoms with E-state index in [2.05, 4.69) is 46.1 Å². The molecule has 2 aromatic rings. The van der Waals surface area contributed by atoms with Crippen LogP contribution >= 0.6 is 0 Å². The molecule has 1 aromatic carbocycles. The van der Waals surface area contributed by atoms with Crippen LogP contribution in [-0.2, 0) is 16.1 Å². The Bertz CT molecular complexity index is 874. The molecule has 0 saturated carbocycles. The summed E-state index contributed by atoms with van der Waals surface area (Å²) in [7, 11) is 0. The molecule has 2 aliphatic rings. The largest absolute Gasteiger partial charge is 0.490 e. The molecule has 2 saturated heterocycles. The van der Waals surface area contributed by atoms with Crippen molar-refractivity contribution in [2.45, 2.75) is 44.2 Å². The quantitative estimate of drug-likeness (QED) is 0.783. The summed E-state index contributed by atoms with van der Waals surface area (Å²) in [5.74, 6) is -2.15. The lowest BCUT2D eigenvalue weighted by Crippen LogP contribution is -2.65. The standard InChI is InChI=1S/C19H23N3O2.C2HF3O2/c1-15-4-2-3-5-16(15)12-22-13-19(14-22)10-17(6-9-23-19)24-18-11-20-7-8-21-18;3-2(4,5)1(6)7/h2-5,7-8,11,17H,6,9-10,12-14H2,1H3;(H,6,7). The van der Waals surface area contributed by atoms with E-state index in [0.717, 1.165) is 39.1 Å². The lowest BCUT2D eigenvalue weighted by molar-refractivity contribution is -0.192. The fourth-order valence-corrected chi connectivity index (χ4v) is 3.73. The van der Waals surface area contributed by atoms with Gasteiger partial charge in [0.2, 0.25) is 5.88 Å². The minimum atomic E-state index is -5.08. The Morgan fingerprint density at radius 3 is 2.65 bits per heavy atom. The molecule has 1 N–H and O–H groups in total. The van der Waals surface area contributed by atoms with E-state index in [-0.39, 0.29) is 11.7 Å². The Hall–Kier alpha value is -2.72. The van der Waals surface area contributed by atoms with E-state index < -0.39 is 12.1 Å². The zero-order chi connectivity index (χ0) is 22.5. The van der Waals surface area contributed by atoms with Crippen LogP contribution in [0.3, 0.4) is 0 Å². The van der Waals surface area contributed by atoms with Gasteiger partial charge in [0.05, 0.1) is 18.4 Å². The molecule has 1 atom stereocenters. The number of aryl methyl sites for hydroxylation is 1. The van der Waals surface area contributed by atoms with E-state index in [4.69, 9.17) is 19.4 Å². The molecule has 0 radical (unpaired) electrons. The van der Waals surface area contributed by atoms with Crippen molar-refractivity contribution in [3.05, 3.63) is 54.0 Å². The van der Waals surface area contributed by atoms with E-state index in [9.17, 15) is 13.2 Å². The van der Waals surface area contributed by atoms with Crippen LogP contribution < -0.4 is 4.74 Å². The number of hydrogen-bond donors (Lipinski definition) is 1. The fraction of sp³-hybridized carbons (Fsp3) is 0.476. The van der Waals surface area contributed by atoms with Gasteiger partial charge in [-0.3, -0.25) is 9.88 Å². The number of likely N-dealkylation sites (tertiary alicyclic amines) is 1. The van der Waals surface area contributed by atoms with Gasteiger partial charge in [-0.1, -0.05) is 24.3 Å². The smallest absolute Gasteiger partial charge is 0.475 e. The van der Waals surface area contributed by atoms with Crippen LogP contribution in [0.5, 0.6) is 5.88 Å². The summed E-state index contributed by atoms with van der Waals surface area (Å²) in [6.07, 6.45) is 1.92. The van der Waals surface area contributed by atoms with Crippen molar-refractivity contribution in [1.29, 1.82) is 0 Å². The molecule has 2 aliphatic heterocycles. The molecule has 7 nitrogen and oxygen atoms in total. The first-order valence-corrected chi connectivity index (χ1v) is 9.80. The maximum atomic E-state index is 10.6. The van der Waals surface area contributed by atoms with Crippen LogP contribution in [-0.4, -0.2) is 63.5 Å². The number of carbonyl (C=O) groups is 1. The van der Waals surface area contributed by atoms with Crippen LogP contribution in [0.2, 0.25) is 0 Å². The summed E-state index contributed by atoms with van der Waals surface area (Å²) in [5.41, 5.74) is 2.70. The van der Waals surface area contributed by atoms with Gasteiger partial charge < -0.3 is 14.6 Å². The topological polar surface area (TPSA) is 84.8 Å². The van der Waals surface area contributed by atoms with Crippen LogP contribution in [0.1, 0.15) is 24.0 Å². The highest BCUT2D eigenvalue weighted by Gasteiger charge is 2.48. The summed E-state index contributed by atoms with van der Waals surface area (Å²) in [5, 5.41) is 7.12. The van der Waals surface area contributed by atoms with E-state index >= 15 is 0 Å². The maximum Gasteiger partial charge on any atom is 0.490 e. The van der Waals surface area contributed by atoms with Crippen LogP contribution in [0.4, 0.5) is 13.2 Å². The summed E-state index contributed by atoms with van der Waals surface area (Å²) in [4.78, 5) is 19.6. The van der Waals surface area contributed by atoms with Crippen molar-refractivity contribution in [2.75, 3.05) is 19.7 Å². The number of carboxylic acids is 1. The normalized spacial score (nSPS) is 20.3. The fourth-order valence-electron chi connectivity index (χ4n) is 3.73. The Morgan fingerprint density at radius 1 is 1.32 bits per heavy atom. The number of hydrogen-bond acceptors (Lipinski definition) is 6. The summed E-state index contributed by atoms with van der Waals surface area (Å²) < 4.78 is 43.8. The number of halogens is 3. The molecule has 31 heavy (non-hydrogen) atoms. The van der Waals surface area contributed by atoms with Crippen molar-refractivity contribution in [3.63, 3.8) is 0 Å². The molecule has 2 fully saturated rings. The molecule has 0 amide bonds. The molecule has 1 unspecified atom stereocenters. The molecule has 0 aliphatic carbocycles. The van der Waals surface area contributed by atoms with E-state index in [1.807, 2.05) is 0 Å². The molecule has 168 valence electrons. The summed E-state index contributed by atoms with van der Waals surface area (Å²) in [6.45, 7) is 5.87. The van der Waals surface area contributed by atoms with Crippen LogP contribution in [0.15, 0.2) is 42.9 Å². The van der Waals surface area contributed by atoms with Gasteiger partial charge in [-0.2, -0.15) is 13.2 Å². The first-order valence-electron chi connectivity index (χ1n) is 9.80. The van der Waals surface area contributed by atoms with Gasteiger partial charge in [0, 0.05) is 44.9 Å². The van der Waals surface area contributed by atoms with E-state index in [1.165, 1.54) is 11.1 Å². The zero-order valence-corrected chi connectivity index (χ0v) is 17.0. The molecule has 1 aromatic heterocycles. The number of aliphatic carboxylic acids is 1. The second-order valence-electron chi connectivity index (χ2n) is 7.68. The van der Waals surface area contributed by atoms with Gasteiger partial charge >= 0.3 is 12.1 Å². The number of carboxylic acid groups (broad SMARTS) is 1. The lowest BCUT2D eigenvalue weighted by atomic mass is 9.84. The highest BCUT2D eigenvalue weighted by molar-refractivity contribution is 5.73. The van der Waals surface area contributed by atoms with Crippen LogP contribution in [0.25, 0.3) is 0 Å². The van der Waals surface area contributed by atoms with Gasteiger partial charge in [-0.05, 0) is 18.1 Å². The highest BCUT2D eigenvalue weighted by atomic mass is 19.4. The first kappa shape index (κ1) is 23.0. The third-order valence-corrected chi connectivity index (χ3v) is 5.20. The van der Waals surface area contributed by atoms with E-state index in [0.29, 0.717) is 5.88 Å². The third kappa shape index (κ3) is 6.38. The monoisotopic (exact) mass is 439 g/mol. The Labute approximate surface area is 177 Å². The molecule has 1 spiro atoms. The van der Waals surface area contributed by atoms with Gasteiger partial charge in [0.25, 0.3) is 0 Å². The van der Waals surface area contributed by atoms with Crippen molar-refractivity contribution in [3.8, 4) is 5.88 Å². The summed E-state index contributed by atoms with van der Waals surface area (Å²) in [6, 6.07) is 8.59.